The number of carbonyl (C=O) groups is 3. The highest BCUT2D eigenvalue weighted by atomic mass is 127. The fraction of sp³-hybridized carbons (Fsp3) is 0.385. The number of amides is 3. The summed E-state index contributed by atoms with van der Waals surface area (Å²) in [4.78, 5) is 36.3. The number of hydrogen-bond donors (Lipinski definition) is 3. The van der Waals surface area contributed by atoms with E-state index in [4.69, 9.17) is 14.2 Å². The third-order valence-corrected chi connectivity index (χ3v) is 6.23. The summed E-state index contributed by atoms with van der Waals surface area (Å²) in [7, 11) is 0. The predicted molar refractivity (Wildman–Crippen MR) is 148 cm³/mol. The molecule has 0 aromatic heterocycles. The molecular formula is C26H31IN4O6. The quantitative estimate of drug-likeness (QED) is 0.153. The smallest absolute Gasteiger partial charge is 0.329 e. The van der Waals surface area contributed by atoms with Crippen LogP contribution in [0.25, 0.3) is 0 Å². The van der Waals surface area contributed by atoms with Gasteiger partial charge in [0.25, 0.3) is 5.91 Å². The summed E-state index contributed by atoms with van der Waals surface area (Å²) < 4.78 is 17.6. The van der Waals surface area contributed by atoms with Gasteiger partial charge in [-0.1, -0.05) is 19.1 Å². The number of rotatable bonds is 11. The lowest BCUT2D eigenvalue weighted by Gasteiger charge is -2.14. The van der Waals surface area contributed by atoms with E-state index >= 15 is 0 Å². The molecule has 11 heteroatoms. The Balaban J connectivity index is 1.55. The van der Waals surface area contributed by atoms with Gasteiger partial charge in [-0.05, 0) is 84.2 Å². The van der Waals surface area contributed by atoms with Crippen molar-refractivity contribution in [1.29, 1.82) is 0 Å². The van der Waals surface area contributed by atoms with Crippen LogP contribution in [0.4, 0.5) is 5.69 Å². The van der Waals surface area contributed by atoms with E-state index in [0.717, 1.165) is 19.3 Å². The van der Waals surface area contributed by atoms with Gasteiger partial charge in [0, 0.05) is 18.8 Å². The average molecular weight is 622 g/mol. The van der Waals surface area contributed by atoms with Crippen molar-refractivity contribution in [3.63, 3.8) is 0 Å². The molecule has 3 N–H and O–H groups in total. The molecule has 0 bridgehead atoms. The van der Waals surface area contributed by atoms with Crippen LogP contribution in [-0.2, 0) is 25.5 Å². The van der Waals surface area contributed by atoms with E-state index in [1.165, 1.54) is 11.8 Å². The van der Waals surface area contributed by atoms with Crippen LogP contribution < -0.4 is 25.5 Å². The summed E-state index contributed by atoms with van der Waals surface area (Å²) in [5, 5.41) is 9.22. The molecule has 1 atom stereocenters. The van der Waals surface area contributed by atoms with Crippen molar-refractivity contribution in [2.45, 2.75) is 39.2 Å². The zero-order valence-electron chi connectivity index (χ0n) is 20.8. The highest BCUT2D eigenvalue weighted by molar-refractivity contribution is 14.1. The Labute approximate surface area is 229 Å². The molecule has 1 saturated heterocycles. The van der Waals surface area contributed by atoms with Gasteiger partial charge in [-0.15, -0.1) is 0 Å². The number of carbonyl (C=O) groups excluding carboxylic acids is 3. The van der Waals surface area contributed by atoms with E-state index < -0.39 is 11.8 Å². The van der Waals surface area contributed by atoms with Crippen LogP contribution in [-0.4, -0.2) is 56.4 Å². The minimum atomic E-state index is -0.871. The van der Waals surface area contributed by atoms with Gasteiger partial charge >= 0.3 is 11.8 Å². The third-order valence-electron chi connectivity index (χ3n) is 5.43. The lowest BCUT2D eigenvalue weighted by Crippen LogP contribution is -2.41. The van der Waals surface area contributed by atoms with Crippen molar-refractivity contribution < 1.29 is 28.6 Å². The molecule has 0 spiro atoms. The number of halogens is 1. The maximum absolute atomic E-state index is 12.4. The Morgan fingerprint density at radius 1 is 1.14 bits per heavy atom. The molecule has 3 amide bonds. The van der Waals surface area contributed by atoms with Crippen molar-refractivity contribution in [2.75, 3.05) is 31.7 Å². The second-order valence-electron chi connectivity index (χ2n) is 8.19. The molecule has 37 heavy (non-hydrogen) atoms. The summed E-state index contributed by atoms with van der Waals surface area (Å²) in [6.07, 6.45) is 4.07. The topological polar surface area (TPSA) is 127 Å². The first kappa shape index (κ1) is 28.4. The molecule has 0 radical (unpaired) electrons. The summed E-state index contributed by atoms with van der Waals surface area (Å²) in [5.41, 5.74) is 4.70. The molecule has 0 saturated carbocycles. The Hall–Kier alpha value is -3.19. The van der Waals surface area contributed by atoms with Crippen molar-refractivity contribution in [2.24, 2.45) is 5.10 Å². The molecule has 0 aliphatic carbocycles. The molecule has 0 unspecified atom stereocenters. The molecule has 198 valence electrons. The molecule has 1 heterocycles. The normalized spacial score (nSPS) is 14.8. The summed E-state index contributed by atoms with van der Waals surface area (Å²) in [6.45, 7) is 5.04. The van der Waals surface area contributed by atoms with Crippen molar-refractivity contribution in [3.05, 3.63) is 51.1 Å². The molecule has 1 aliphatic heterocycles. The van der Waals surface area contributed by atoms with Crippen molar-refractivity contribution in [1.82, 2.24) is 10.7 Å². The number of nitrogens with one attached hydrogen (secondary N) is 3. The van der Waals surface area contributed by atoms with Crippen LogP contribution in [0.15, 0.2) is 41.5 Å². The van der Waals surface area contributed by atoms with Crippen LogP contribution in [0, 0.1) is 3.57 Å². The Morgan fingerprint density at radius 2 is 1.92 bits per heavy atom. The van der Waals surface area contributed by atoms with Gasteiger partial charge in [-0.3, -0.25) is 14.4 Å². The standard InChI is InChI=1S/C26H31IN4O6/c1-3-17-7-9-19(10-8-17)30-23(32)16-37-24-21(27)12-18(13-22(24)35-4-2)14-29-31-26(34)25(33)28-15-20-6-5-11-36-20/h7-10,12-14,20H,3-6,11,15-16H2,1-2H3,(H,28,33)(H,30,32)(H,31,34)/b29-14-/t20-/m1/s1. The average Bonchev–Trinajstić information content (AvgIpc) is 3.41. The number of benzene rings is 2. The second kappa shape index (κ2) is 14.5. The van der Waals surface area contributed by atoms with Gasteiger partial charge in [0.1, 0.15) is 0 Å². The summed E-state index contributed by atoms with van der Waals surface area (Å²) in [5.74, 6) is -1.09. The fourth-order valence-electron chi connectivity index (χ4n) is 3.53. The van der Waals surface area contributed by atoms with Crippen LogP contribution in [0.1, 0.15) is 37.8 Å². The van der Waals surface area contributed by atoms with Gasteiger partial charge in [-0.2, -0.15) is 5.10 Å². The van der Waals surface area contributed by atoms with Crippen LogP contribution in [0.5, 0.6) is 11.5 Å². The third kappa shape index (κ3) is 9.01. The van der Waals surface area contributed by atoms with Crippen molar-refractivity contribution in [3.8, 4) is 11.5 Å². The molecule has 10 nitrogen and oxygen atoms in total. The first-order valence-corrected chi connectivity index (χ1v) is 13.2. The lowest BCUT2D eigenvalue weighted by atomic mass is 10.1. The number of aryl methyl sites for hydroxylation is 1. The van der Waals surface area contributed by atoms with Gasteiger partial charge in [0.15, 0.2) is 18.1 Å². The van der Waals surface area contributed by atoms with Crippen molar-refractivity contribution >= 4 is 52.2 Å². The highest BCUT2D eigenvalue weighted by Gasteiger charge is 2.19. The summed E-state index contributed by atoms with van der Waals surface area (Å²) in [6, 6.07) is 11.1. The van der Waals surface area contributed by atoms with Gasteiger partial charge in [-0.25, -0.2) is 5.43 Å². The van der Waals surface area contributed by atoms with E-state index in [0.29, 0.717) is 39.5 Å². The van der Waals surface area contributed by atoms with Gasteiger partial charge in [0.2, 0.25) is 0 Å². The molecule has 2 aromatic rings. The first-order chi connectivity index (χ1) is 17.9. The number of hydrazone groups is 1. The van der Waals surface area contributed by atoms with Crippen LogP contribution in [0.2, 0.25) is 0 Å². The van der Waals surface area contributed by atoms with E-state index in [1.807, 2.05) is 31.2 Å². The number of ether oxygens (including phenoxy) is 3. The van der Waals surface area contributed by atoms with E-state index in [2.05, 4.69) is 50.7 Å². The number of hydrogen-bond acceptors (Lipinski definition) is 7. The van der Waals surface area contributed by atoms with E-state index in [-0.39, 0.29) is 25.2 Å². The lowest BCUT2D eigenvalue weighted by molar-refractivity contribution is -0.139. The zero-order valence-corrected chi connectivity index (χ0v) is 23.0. The zero-order chi connectivity index (χ0) is 26.6. The minimum absolute atomic E-state index is 0.0570. The Bertz CT molecular complexity index is 1120. The largest absolute Gasteiger partial charge is 0.490 e. The van der Waals surface area contributed by atoms with Gasteiger partial charge in [0.05, 0.1) is 22.5 Å². The fourth-order valence-corrected chi connectivity index (χ4v) is 4.31. The number of anilines is 1. The monoisotopic (exact) mass is 622 g/mol. The van der Waals surface area contributed by atoms with Gasteiger partial charge < -0.3 is 24.8 Å². The van der Waals surface area contributed by atoms with Crippen LogP contribution in [0.3, 0.4) is 0 Å². The molecule has 1 fully saturated rings. The van der Waals surface area contributed by atoms with Crippen LogP contribution >= 0.6 is 22.6 Å². The maximum atomic E-state index is 12.4. The number of nitrogens with zero attached hydrogens (tertiary/aromatic N) is 1. The minimum Gasteiger partial charge on any atom is -0.490 e. The maximum Gasteiger partial charge on any atom is 0.329 e. The molecule has 2 aromatic carbocycles. The molecule has 1 aliphatic rings. The Kier molecular flexibility index (Phi) is 11.1. The molecule has 3 rings (SSSR count). The molecular weight excluding hydrogens is 591 g/mol. The first-order valence-electron chi connectivity index (χ1n) is 12.1. The van der Waals surface area contributed by atoms with E-state index in [1.54, 1.807) is 12.1 Å². The second-order valence-corrected chi connectivity index (χ2v) is 9.36. The predicted octanol–water partition coefficient (Wildman–Crippen LogP) is 3.02. The summed E-state index contributed by atoms with van der Waals surface area (Å²) >= 11 is 2.07. The SMILES string of the molecule is CCOc1cc(/C=N\NC(=O)C(=O)NC[C@H]2CCCO2)cc(I)c1OCC(=O)Nc1ccc(CC)cc1. The van der Waals surface area contributed by atoms with E-state index in [9.17, 15) is 14.4 Å². The Morgan fingerprint density at radius 3 is 2.59 bits per heavy atom. The highest BCUT2D eigenvalue weighted by Crippen LogP contribution is 2.34.